The smallest absolute Gasteiger partial charge is 0.238 e. The molecule has 3 N–H and O–H groups in total. The molecule has 0 bridgehead atoms. The summed E-state index contributed by atoms with van der Waals surface area (Å²) in [7, 11) is 0. The van der Waals surface area contributed by atoms with Crippen LogP contribution in [0.2, 0.25) is 0 Å². The maximum absolute atomic E-state index is 12.6. The quantitative estimate of drug-likeness (QED) is 0.575. The average molecular weight is 423 g/mol. The molecule has 7 nitrogen and oxygen atoms in total. The van der Waals surface area contributed by atoms with Crippen LogP contribution < -0.4 is 16.0 Å². The molecule has 0 heterocycles. The third-order valence-electron chi connectivity index (χ3n) is 5.19. The molecule has 31 heavy (non-hydrogen) atoms. The van der Waals surface area contributed by atoms with Gasteiger partial charge in [-0.3, -0.25) is 19.3 Å². The van der Waals surface area contributed by atoms with Gasteiger partial charge in [0, 0.05) is 43.0 Å². The summed E-state index contributed by atoms with van der Waals surface area (Å²) < 4.78 is 0. The fraction of sp³-hybridized carbons (Fsp3) is 0.375. The van der Waals surface area contributed by atoms with Gasteiger partial charge < -0.3 is 16.0 Å². The van der Waals surface area contributed by atoms with Crippen molar-refractivity contribution in [2.24, 2.45) is 0 Å². The number of anilines is 3. The van der Waals surface area contributed by atoms with E-state index in [0.29, 0.717) is 30.4 Å². The van der Waals surface area contributed by atoms with Gasteiger partial charge in [0.1, 0.15) is 0 Å². The van der Waals surface area contributed by atoms with Gasteiger partial charge in [0.15, 0.2) is 0 Å². The molecule has 164 valence electrons. The number of aryl methyl sites for hydroxylation is 2. The molecule has 0 radical (unpaired) electrons. The molecule has 1 aliphatic carbocycles. The van der Waals surface area contributed by atoms with Gasteiger partial charge in [0.25, 0.3) is 0 Å². The summed E-state index contributed by atoms with van der Waals surface area (Å²) >= 11 is 0. The summed E-state index contributed by atoms with van der Waals surface area (Å²) in [6, 6.07) is 13.3. The summed E-state index contributed by atoms with van der Waals surface area (Å²) in [6.07, 6.45) is 2.42. The first-order valence-electron chi connectivity index (χ1n) is 10.6. The second kappa shape index (κ2) is 10.2. The van der Waals surface area contributed by atoms with Crippen LogP contribution in [0.15, 0.2) is 42.5 Å². The first kappa shape index (κ1) is 22.5. The molecule has 0 saturated heterocycles. The summed E-state index contributed by atoms with van der Waals surface area (Å²) in [4.78, 5) is 38.1. The lowest BCUT2D eigenvalue weighted by atomic mass is 10.1. The van der Waals surface area contributed by atoms with E-state index in [1.54, 1.807) is 24.3 Å². The van der Waals surface area contributed by atoms with Crippen molar-refractivity contribution >= 4 is 34.8 Å². The van der Waals surface area contributed by atoms with Crippen molar-refractivity contribution in [2.45, 2.75) is 46.1 Å². The Labute approximate surface area is 183 Å². The van der Waals surface area contributed by atoms with Crippen LogP contribution in [0.3, 0.4) is 0 Å². The van der Waals surface area contributed by atoms with Crippen molar-refractivity contribution in [1.29, 1.82) is 0 Å². The Kier molecular flexibility index (Phi) is 7.41. The zero-order valence-electron chi connectivity index (χ0n) is 18.3. The Hall–Kier alpha value is -3.19. The predicted octanol–water partition coefficient (Wildman–Crippen LogP) is 3.69. The molecule has 0 atom stereocenters. The Balaban J connectivity index is 1.49. The van der Waals surface area contributed by atoms with Crippen molar-refractivity contribution in [3.05, 3.63) is 53.6 Å². The van der Waals surface area contributed by atoms with Gasteiger partial charge in [0.2, 0.25) is 17.7 Å². The molecule has 1 aliphatic rings. The van der Waals surface area contributed by atoms with Crippen LogP contribution in [0.1, 0.15) is 37.3 Å². The van der Waals surface area contributed by atoms with E-state index in [0.717, 1.165) is 29.7 Å². The van der Waals surface area contributed by atoms with E-state index in [9.17, 15) is 14.4 Å². The highest BCUT2D eigenvalue weighted by atomic mass is 16.2. The minimum atomic E-state index is -0.140. The standard InChI is InChI=1S/C24H30N4O3/c1-16-4-5-17(2)22(14-16)27-24(31)15-28(21-10-11-21)13-12-23(30)26-20-8-6-19(7-9-20)25-18(3)29/h4-9,14,21H,10-13,15H2,1-3H3,(H,25,29)(H,26,30)(H,27,31). The van der Waals surface area contributed by atoms with Crippen LogP contribution >= 0.6 is 0 Å². The van der Waals surface area contributed by atoms with Gasteiger partial charge in [-0.15, -0.1) is 0 Å². The van der Waals surface area contributed by atoms with E-state index in [-0.39, 0.29) is 24.3 Å². The third kappa shape index (κ3) is 7.22. The van der Waals surface area contributed by atoms with Gasteiger partial charge in [0.05, 0.1) is 6.54 Å². The van der Waals surface area contributed by atoms with Gasteiger partial charge in [-0.05, 0) is 68.1 Å². The molecule has 3 rings (SSSR count). The highest BCUT2D eigenvalue weighted by Gasteiger charge is 2.30. The third-order valence-corrected chi connectivity index (χ3v) is 5.19. The summed E-state index contributed by atoms with van der Waals surface area (Å²) in [5, 5.41) is 8.55. The van der Waals surface area contributed by atoms with E-state index in [2.05, 4.69) is 20.9 Å². The lowest BCUT2D eigenvalue weighted by Crippen LogP contribution is -2.37. The summed E-state index contributed by atoms with van der Waals surface area (Å²) in [5.74, 6) is -0.305. The van der Waals surface area contributed by atoms with Crippen LogP contribution in [0.5, 0.6) is 0 Å². The number of hydrogen-bond donors (Lipinski definition) is 3. The van der Waals surface area contributed by atoms with Gasteiger partial charge in [-0.1, -0.05) is 12.1 Å². The summed E-state index contributed by atoms with van der Waals surface area (Å²) in [6.45, 7) is 6.22. The Morgan fingerprint density at radius 2 is 1.55 bits per heavy atom. The van der Waals surface area contributed by atoms with Crippen molar-refractivity contribution in [2.75, 3.05) is 29.0 Å². The minimum absolute atomic E-state index is 0.0606. The number of rotatable bonds is 9. The van der Waals surface area contributed by atoms with Crippen LogP contribution in [0, 0.1) is 13.8 Å². The molecule has 0 unspecified atom stereocenters. The zero-order chi connectivity index (χ0) is 22.4. The fourth-order valence-electron chi connectivity index (χ4n) is 3.38. The van der Waals surface area contributed by atoms with Crippen LogP contribution in [0.4, 0.5) is 17.1 Å². The Morgan fingerprint density at radius 3 is 2.16 bits per heavy atom. The molecule has 3 amide bonds. The van der Waals surface area contributed by atoms with E-state index in [4.69, 9.17) is 0 Å². The first-order chi connectivity index (χ1) is 14.8. The highest BCUT2D eigenvalue weighted by Crippen LogP contribution is 2.27. The summed E-state index contributed by atoms with van der Waals surface area (Å²) in [5.41, 5.74) is 4.31. The van der Waals surface area contributed by atoms with Crippen molar-refractivity contribution in [3.8, 4) is 0 Å². The number of benzene rings is 2. The number of hydrogen-bond acceptors (Lipinski definition) is 4. The second-order valence-corrected chi connectivity index (χ2v) is 8.12. The number of amides is 3. The van der Waals surface area contributed by atoms with Crippen LogP contribution in [-0.4, -0.2) is 41.8 Å². The minimum Gasteiger partial charge on any atom is -0.326 e. The van der Waals surface area contributed by atoms with Gasteiger partial charge in [-0.2, -0.15) is 0 Å². The first-order valence-corrected chi connectivity index (χ1v) is 10.6. The monoisotopic (exact) mass is 422 g/mol. The Bertz CT molecular complexity index is 952. The molecule has 1 saturated carbocycles. The van der Waals surface area contributed by atoms with Crippen LogP contribution in [-0.2, 0) is 14.4 Å². The molecule has 0 aliphatic heterocycles. The maximum Gasteiger partial charge on any atom is 0.238 e. The largest absolute Gasteiger partial charge is 0.326 e. The highest BCUT2D eigenvalue weighted by molar-refractivity contribution is 5.94. The van der Waals surface area contributed by atoms with E-state index in [1.807, 2.05) is 32.0 Å². The van der Waals surface area contributed by atoms with E-state index >= 15 is 0 Å². The molecule has 7 heteroatoms. The molecule has 1 fully saturated rings. The molecular formula is C24H30N4O3. The van der Waals surface area contributed by atoms with Crippen molar-refractivity contribution < 1.29 is 14.4 Å². The predicted molar refractivity (Wildman–Crippen MR) is 123 cm³/mol. The zero-order valence-corrected chi connectivity index (χ0v) is 18.3. The molecular weight excluding hydrogens is 392 g/mol. The number of nitrogens with one attached hydrogen (secondary N) is 3. The van der Waals surface area contributed by atoms with E-state index < -0.39 is 0 Å². The number of nitrogens with zero attached hydrogens (tertiary/aromatic N) is 1. The molecule has 2 aromatic rings. The van der Waals surface area contributed by atoms with Crippen LogP contribution in [0.25, 0.3) is 0 Å². The SMILES string of the molecule is CC(=O)Nc1ccc(NC(=O)CCN(CC(=O)Nc2cc(C)ccc2C)C2CC2)cc1. The Morgan fingerprint density at radius 1 is 0.903 bits per heavy atom. The average Bonchev–Trinajstić information content (AvgIpc) is 3.54. The second-order valence-electron chi connectivity index (χ2n) is 8.12. The maximum atomic E-state index is 12.6. The fourth-order valence-corrected chi connectivity index (χ4v) is 3.38. The molecule has 2 aromatic carbocycles. The number of carbonyl (C=O) groups is 3. The van der Waals surface area contributed by atoms with E-state index in [1.165, 1.54) is 6.92 Å². The number of carbonyl (C=O) groups excluding carboxylic acids is 3. The normalized spacial score (nSPS) is 13.0. The molecule has 0 spiro atoms. The van der Waals surface area contributed by atoms with Crippen molar-refractivity contribution in [1.82, 2.24) is 4.90 Å². The topological polar surface area (TPSA) is 90.5 Å². The van der Waals surface area contributed by atoms with Crippen molar-refractivity contribution in [3.63, 3.8) is 0 Å². The lowest BCUT2D eigenvalue weighted by molar-refractivity contribution is -0.119. The molecule has 0 aromatic heterocycles. The van der Waals surface area contributed by atoms with Gasteiger partial charge >= 0.3 is 0 Å². The van der Waals surface area contributed by atoms with Gasteiger partial charge in [-0.25, -0.2) is 0 Å². The lowest BCUT2D eigenvalue weighted by Gasteiger charge is -2.21.